The first kappa shape index (κ1) is 19.4. The minimum atomic E-state index is -1.71. The Morgan fingerprint density at radius 2 is 1.14 bits per heavy atom. The average Bonchev–Trinajstić information content (AvgIpc) is 2.39. The third-order valence-electron chi connectivity index (χ3n) is 2.54. The fourth-order valence-electron chi connectivity index (χ4n) is 1.80. The van der Waals surface area contributed by atoms with Crippen LogP contribution in [0.25, 0.3) is 0 Å². The lowest BCUT2D eigenvalue weighted by atomic mass is 9.95. The van der Waals surface area contributed by atoms with Gasteiger partial charge in [-0.25, -0.2) is 4.79 Å². The summed E-state index contributed by atoms with van der Waals surface area (Å²) in [6, 6.07) is 0. The predicted octanol–water partition coefficient (Wildman–Crippen LogP) is 1.23. The zero-order valence-corrected chi connectivity index (χ0v) is 13.1. The van der Waals surface area contributed by atoms with Gasteiger partial charge in [-0.05, 0) is 27.7 Å². The Labute approximate surface area is 124 Å². The molecule has 0 amide bonds. The fraction of sp³-hybridized carbons (Fsp3) is 0.786. The van der Waals surface area contributed by atoms with Gasteiger partial charge in [0.1, 0.15) is 0 Å². The quantitative estimate of drug-likeness (QED) is 0.443. The molecule has 0 aliphatic rings. The molecule has 0 aromatic rings. The number of ether oxygens (including phenoxy) is 4. The molecule has 0 radical (unpaired) electrons. The van der Waals surface area contributed by atoms with Gasteiger partial charge in [-0.15, -0.1) is 0 Å². The molecule has 0 aliphatic heterocycles. The van der Waals surface area contributed by atoms with Gasteiger partial charge in [-0.2, -0.15) is 0 Å². The molecule has 0 fully saturated rings. The molecule has 0 heterocycles. The smallest absolute Gasteiger partial charge is 0.339 e. The van der Waals surface area contributed by atoms with Crippen LogP contribution in [0.2, 0.25) is 0 Å². The number of rotatable bonds is 10. The number of carbonyl (C=O) groups excluding carboxylic acids is 3. The normalized spacial score (nSPS) is 10.9. The molecule has 0 unspecified atom stereocenters. The first-order valence-corrected chi connectivity index (χ1v) is 7.08. The molecule has 0 aromatic carbocycles. The maximum Gasteiger partial charge on any atom is 0.339 e. The van der Waals surface area contributed by atoms with Gasteiger partial charge in [-0.1, -0.05) is 0 Å². The maximum atomic E-state index is 12.2. The zero-order valence-electron chi connectivity index (χ0n) is 13.1. The van der Waals surface area contributed by atoms with Crippen LogP contribution < -0.4 is 0 Å². The summed E-state index contributed by atoms with van der Waals surface area (Å²) in [6.07, 6.45) is -0.793. The Morgan fingerprint density at radius 1 is 0.714 bits per heavy atom. The summed E-state index contributed by atoms with van der Waals surface area (Å²) >= 11 is 0. The van der Waals surface area contributed by atoms with Crippen LogP contribution in [0.5, 0.6) is 0 Å². The van der Waals surface area contributed by atoms with E-state index in [2.05, 4.69) is 0 Å². The Bertz CT molecular complexity index is 331. The number of hydrogen-bond donors (Lipinski definition) is 0. The summed E-state index contributed by atoms with van der Waals surface area (Å²) in [5.41, 5.74) is -1.71. The third kappa shape index (κ3) is 6.57. The second-order valence-corrected chi connectivity index (χ2v) is 4.11. The van der Waals surface area contributed by atoms with E-state index in [0.717, 1.165) is 0 Å². The van der Waals surface area contributed by atoms with E-state index in [1.165, 1.54) is 0 Å². The molecule has 122 valence electrons. The molecule has 0 bridgehead atoms. The van der Waals surface area contributed by atoms with Crippen molar-refractivity contribution >= 4 is 17.9 Å². The highest BCUT2D eigenvalue weighted by Gasteiger charge is 2.46. The molecule has 0 spiro atoms. The van der Waals surface area contributed by atoms with E-state index in [1.54, 1.807) is 27.7 Å². The monoisotopic (exact) mass is 304 g/mol. The summed E-state index contributed by atoms with van der Waals surface area (Å²) < 4.78 is 20.0. The highest BCUT2D eigenvalue weighted by Crippen LogP contribution is 2.25. The van der Waals surface area contributed by atoms with Crippen LogP contribution in [0.3, 0.4) is 0 Å². The Balaban J connectivity index is 5.25. The van der Waals surface area contributed by atoms with Crippen molar-refractivity contribution in [2.45, 2.75) is 46.1 Å². The number of esters is 3. The van der Waals surface area contributed by atoms with Crippen LogP contribution in [0.1, 0.15) is 40.5 Å². The van der Waals surface area contributed by atoms with Crippen molar-refractivity contribution in [2.24, 2.45) is 0 Å². The van der Waals surface area contributed by atoms with E-state index in [9.17, 15) is 14.4 Å². The van der Waals surface area contributed by atoms with Crippen molar-refractivity contribution in [3.63, 3.8) is 0 Å². The van der Waals surface area contributed by atoms with Crippen molar-refractivity contribution in [1.29, 1.82) is 0 Å². The van der Waals surface area contributed by atoms with Gasteiger partial charge in [0.2, 0.25) is 0 Å². The van der Waals surface area contributed by atoms with Crippen LogP contribution in [0.4, 0.5) is 0 Å². The Morgan fingerprint density at radius 3 is 1.48 bits per heavy atom. The standard InChI is InChI=1S/C14H24O7/c1-5-18-11(15)9-14(21-8-4,13(17)20-7-3)10-12(16)19-6-2/h5-10H2,1-4H3. The van der Waals surface area contributed by atoms with Crippen molar-refractivity contribution in [1.82, 2.24) is 0 Å². The topological polar surface area (TPSA) is 88.1 Å². The van der Waals surface area contributed by atoms with Crippen LogP contribution >= 0.6 is 0 Å². The molecule has 21 heavy (non-hydrogen) atoms. The highest BCUT2D eigenvalue weighted by atomic mass is 16.6. The summed E-state index contributed by atoms with van der Waals surface area (Å²) in [5.74, 6) is -2.04. The minimum Gasteiger partial charge on any atom is -0.466 e. The molecule has 0 saturated heterocycles. The number of carbonyl (C=O) groups is 3. The molecular weight excluding hydrogens is 280 g/mol. The van der Waals surface area contributed by atoms with Crippen molar-refractivity contribution in [2.75, 3.05) is 26.4 Å². The summed E-state index contributed by atoms with van der Waals surface area (Å²) in [4.78, 5) is 35.6. The molecule has 0 aliphatic carbocycles. The largest absolute Gasteiger partial charge is 0.466 e. The predicted molar refractivity (Wildman–Crippen MR) is 73.5 cm³/mol. The van der Waals surface area contributed by atoms with E-state index in [0.29, 0.717) is 0 Å². The van der Waals surface area contributed by atoms with E-state index in [-0.39, 0.29) is 26.4 Å². The first-order chi connectivity index (χ1) is 9.95. The lowest BCUT2D eigenvalue weighted by molar-refractivity contribution is -0.184. The SMILES string of the molecule is CCOC(=O)CC(CC(=O)OCC)(OCC)C(=O)OCC. The van der Waals surface area contributed by atoms with Gasteiger partial charge >= 0.3 is 17.9 Å². The minimum absolute atomic E-state index is 0.110. The molecule has 0 N–H and O–H groups in total. The van der Waals surface area contributed by atoms with Crippen LogP contribution in [-0.2, 0) is 33.3 Å². The second-order valence-electron chi connectivity index (χ2n) is 4.11. The lowest BCUT2D eigenvalue weighted by Crippen LogP contribution is -2.47. The van der Waals surface area contributed by atoms with Gasteiger partial charge in [0.05, 0.1) is 32.7 Å². The van der Waals surface area contributed by atoms with E-state index in [1.807, 2.05) is 0 Å². The zero-order chi connectivity index (χ0) is 16.3. The van der Waals surface area contributed by atoms with E-state index >= 15 is 0 Å². The van der Waals surface area contributed by atoms with Gasteiger partial charge in [0.25, 0.3) is 0 Å². The lowest BCUT2D eigenvalue weighted by Gasteiger charge is -2.29. The van der Waals surface area contributed by atoms with Gasteiger partial charge < -0.3 is 18.9 Å². The second kappa shape index (κ2) is 10.1. The summed E-state index contributed by atoms with van der Waals surface area (Å²) in [7, 11) is 0. The van der Waals surface area contributed by atoms with Crippen molar-refractivity contribution in [3.05, 3.63) is 0 Å². The van der Waals surface area contributed by atoms with E-state index < -0.39 is 36.4 Å². The Kier molecular flexibility index (Phi) is 9.36. The molecule has 0 atom stereocenters. The summed E-state index contributed by atoms with van der Waals surface area (Å²) in [6.45, 7) is 7.17. The van der Waals surface area contributed by atoms with Crippen LogP contribution in [0.15, 0.2) is 0 Å². The van der Waals surface area contributed by atoms with Crippen molar-refractivity contribution < 1.29 is 33.3 Å². The van der Waals surface area contributed by atoms with E-state index in [4.69, 9.17) is 18.9 Å². The molecule has 7 nitrogen and oxygen atoms in total. The third-order valence-corrected chi connectivity index (χ3v) is 2.54. The molecule has 0 rings (SSSR count). The highest BCUT2D eigenvalue weighted by molar-refractivity contribution is 5.90. The van der Waals surface area contributed by atoms with Gasteiger partial charge in [0.15, 0.2) is 5.60 Å². The van der Waals surface area contributed by atoms with Gasteiger partial charge in [0, 0.05) is 6.61 Å². The van der Waals surface area contributed by atoms with Crippen LogP contribution in [0, 0.1) is 0 Å². The fourth-order valence-corrected chi connectivity index (χ4v) is 1.80. The first-order valence-electron chi connectivity index (χ1n) is 7.08. The van der Waals surface area contributed by atoms with Gasteiger partial charge in [-0.3, -0.25) is 9.59 Å². The molecule has 7 heteroatoms. The Hall–Kier alpha value is -1.63. The number of hydrogen-bond acceptors (Lipinski definition) is 7. The summed E-state index contributed by atoms with van der Waals surface area (Å²) in [5, 5.41) is 0. The van der Waals surface area contributed by atoms with Crippen molar-refractivity contribution in [3.8, 4) is 0 Å². The molecular formula is C14H24O7. The van der Waals surface area contributed by atoms with Crippen LogP contribution in [-0.4, -0.2) is 49.9 Å². The molecule has 0 saturated carbocycles. The average molecular weight is 304 g/mol. The maximum absolute atomic E-state index is 12.2. The molecule has 0 aromatic heterocycles.